The van der Waals surface area contributed by atoms with Crippen molar-refractivity contribution in [1.82, 2.24) is 9.88 Å². The number of carbonyl (C=O) groups is 1. The van der Waals surface area contributed by atoms with Gasteiger partial charge in [-0.1, -0.05) is 18.2 Å². The van der Waals surface area contributed by atoms with Crippen molar-refractivity contribution in [2.45, 2.75) is 25.7 Å². The molecule has 33 heavy (non-hydrogen) atoms. The quantitative estimate of drug-likeness (QED) is 0.487. The number of methoxy groups -OCH3 is 2. The molecule has 0 unspecified atom stereocenters. The van der Waals surface area contributed by atoms with Crippen LogP contribution >= 0.6 is 0 Å². The van der Waals surface area contributed by atoms with Crippen molar-refractivity contribution < 1.29 is 28.5 Å². The van der Waals surface area contributed by atoms with E-state index in [1.807, 2.05) is 35.1 Å². The lowest BCUT2D eigenvalue weighted by Gasteiger charge is -2.32. The number of hydrogen-bond donors (Lipinski definition) is 0. The van der Waals surface area contributed by atoms with Crippen molar-refractivity contribution >= 4 is 17.9 Å². The summed E-state index contributed by atoms with van der Waals surface area (Å²) >= 11 is 0. The number of amides is 1. The number of rotatable bonds is 6. The number of anilines is 1. The zero-order valence-electron chi connectivity index (χ0n) is 18.8. The van der Waals surface area contributed by atoms with Gasteiger partial charge >= 0.3 is 6.09 Å². The molecular formula is C24H27N3O6. The number of nitrogens with zero attached hydrogens (tertiary/aromatic N) is 3. The molecule has 0 saturated carbocycles. The molecule has 1 fully saturated rings. The molecule has 2 aromatic rings. The molecule has 0 N–H and O–H groups in total. The molecule has 1 aromatic heterocycles. The fourth-order valence-electron chi connectivity index (χ4n) is 4.07. The number of hydrogen-bond acceptors (Lipinski definition) is 8. The molecule has 9 nitrogen and oxygen atoms in total. The first-order valence-electron chi connectivity index (χ1n) is 10.8. The van der Waals surface area contributed by atoms with Crippen LogP contribution in [-0.2, 0) is 32.0 Å². The summed E-state index contributed by atoms with van der Waals surface area (Å²) in [7, 11) is 3.07. The van der Waals surface area contributed by atoms with E-state index in [1.165, 1.54) is 14.2 Å². The summed E-state index contributed by atoms with van der Waals surface area (Å²) in [4.78, 5) is 32.7. The van der Waals surface area contributed by atoms with Gasteiger partial charge in [-0.2, -0.15) is 0 Å². The number of benzene rings is 1. The third-order valence-corrected chi connectivity index (χ3v) is 5.70. The Morgan fingerprint density at radius 2 is 2.00 bits per heavy atom. The highest BCUT2D eigenvalue weighted by Gasteiger charge is 2.30. The molecule has 1 saturated heterocycles. The van der Waals surface area contributed by atoms with Crippen LogP contribution < -0.4 is 9.64 Å². The van der Waals surface area contributed by atoms with Crippen molar-refractivity contribution in [3.8, 4) is 5.75 Å². The zero-order valence-corrected chi connectivity index (χ0v) is 18.8. The Bertz CT molecular complexity index is 1030. The highest BCUT2D eigenvalue weighted by Crippen LogP contribution is 2.32. The Labute approximate surface area is 192 Å². The number of carbonyl (C=O) groups excluding carboxylic acids is 2. The largest absolute Gasteiger partial charge is 0.420 e. The van der Waals surface area contributed by atoms with Crippen LogP contribution in [-0.4, -0.2) is 62.4 Å². The van der Waals surface area contributed by atoms with Crippen LogP contribution in [0.5, 0.6) is 5.75 Å². The fourth-order valence-corrected chi connectivity index (χ4v) is 4.07. The van der Waals surface area contributed by atoms with Crippen LogP contribution in [0.1, 0.15) is 29.5 Å². The third-order valence-electron chi connectivity index (χ3n) is 5.70. The molecule has 1 aromatic carbocycles. The third kappa shape index (κ3) is 5.07. The second kappa shape index (κ2) is 10.6. The van der Waals surface area contributed by atoms with Gasteiger partial charge in [-0.05, 0) is 42.2 Å². The molecular weight excluding hydrogens is 426 g/mol. The summed E-state index contributed by atoms with van der Waals surface area (Å²) in [6.07, 6.45) is 0.337. The van der Waals surface area contributed by atoms with Crippen LogP contribution in [0.2, 0.25) is 0 Å². The summed E-state index contributed by atoms with van der Waals surface area (Å²) in [6.45, 7) is 2.25. The average Bonchev–Trinajstić information content (AvgIpc) is 2.85. The minimum absolute atomic E-state index is 0.230. The van der Waals surface area contributed by atoms with E-state index in [0.29, 0.717) is 49.2 Å². The summed E-state index contributed by atoms with van der Waals surface area (Å²) in [5.74, 6) is 2.98. The van der Waals surface area contributed by atoms with E-state index in [4.69, 9.17) is 23.9 Å². The van der Waals surface area contributed by atoms with E-state index in [-0.39, 0.29) is 6.61 Å². The standard InChI is InChI=1S/C24H27N3O6/c1-30-23(31-2)21-18(14-26-11-12-32-16-19(26)15-28)13-17-7-6-10-27(22(17)25-21)24(29)33-20-8-4-3-5-9-20/h3-5,8-9,13,23H,6-7,10-12,14,16H2,1-2H3. The molecule has 0 bridgehead atoms. The maximum absolute atomic E-state index is 13.0. The summed E-state index contributed by atoms with van der Waals surface area (Å²) in [5.41, 5.74) is 2.80. The monoisotopic (exact) mass is 453 g/mol. The number of morpholine rings is 1. The Hall–Kier alpha value is -3.23. The van der Waals surface area contributed by atoms with Crippen molar-refractivity contribution in [1.29, 1.82) is 0 Å². The maximum Gasteiger partial charge on any atom is 0.420 e. The fraction of sp³-hybridized carbons (Fsp3) is 0.417. The van der Waals surface area contributed by atoms with Gasteiger partial charge in [0.25, 0.3) is 0 Å². The molecule has 2 aliphatic rings. The van der Waals surface area contributed by atoms with Gasteiger partial charge in [0.1, 0.15) is 28.9 Å². The van der Waals surface area contributed by atoms with Gasteiger partial charge in [0.15, 0.2) is 0 Å². The second-order valence-corrected chi connectivity index (χ2v) is 7.78. The lowest BCUT2D eigenvalue weighted by molar-refractivity contribution is -0.109. The molecule has 2 aliphatic heterocycles. The first-order valence-corrected chi connectivity index (χ1v) is 10.8. The molecule has 0 aliphatic carbocycles. The van der Waals surface area contributed by atoms with Crippen molar-refractivity contribution in [2.24, 2.45) is 0 Å². The van der Waals surface area contributed by atoms with E-state index < -0.39 is 12.4 Å². The Morgan fingerprint density at radius 3 is 2.73 bits per heavy atom. The second-order valence-electron chi connectivity index (χ2n) is 7.78. The van der Waals surface area contributed by atoms with Gasteiger partial charge in [0.05, 0.1) is 13.2 Å². The van der Waals surface area contributed by atoms with E-state index >= 15 is 0 Å². The lowest BCUT2D eigenvalue weighted by Crippen LogP contribution is -2.39. The van der Waals surface area contributed by atoms with Gasteiger partial charge < -0.3 is 23.8 Å². The van der Waals surface area contributed by atoms with Crippen LogP contribution in [0, 0.1) is 0 Å². The van der Waals surface area contributed by atoms with Crippen LogP contribution in [0.15, 0.2) is 42.1 Å². The Balaban J connectivity index is 1.68. The maximum atomic E-state index is 13.0. The highest BCUT2D eigenvalue weighted by atomic mass is 16.7. The summed E-state index contributed by atoms with van der Waals surface area (Å²) in [5, 5.41) is 0. The number of para-hydroxylation sites is 1. The number of aryl methyl sites for hydroxylation is 1. The minimum atomic E-state index is -0.732. The molecule has 9 heteroatoms. The first-order chi connectivity index (χ1) is 16.1. The zero-order chi connectivity index (χ0) is 23.2. The van der Waals surface area contributed by atoms with Crippen molar-refractivity contribution in [2.75, 3.05) is 45.4 Å². The molecule has 3 heterocycles. The van der Waals surface area contributed by atoms with E-state index in [2.05, 4.69) is 0 Å². The van der Waals surface area contributed by atoms with Gasteiger partial charge in [-0.25, -0.2) is 14.6 Å². The normalized spacial score (nSPS) is 15.9. The van der Waals surface area contributed by atoms with E-state index in [1.54, 1.807) is 17.0 Å². The molecule has 0 atom stereocenters. The Morgan fingerprint density at radius 1 is 1.21 bits per heavy atom. The number of aromatic nitrogens is 1. The SMILES string of the molecule is COC(OC)c1nc2c(cc1CN1CCOCC1=C=O)CCCN2C(=O)Oc1ccccc1. The average molecular weight is 453 g/mol. The number of pyridine rings is 1. The predicted molar refractivity (Wildman–Crippen MR) is 120 cm³/mol. The molecule has 0 radical (unpaired) electrons. The predicted octanol–water partition coefficient (Wildman–Crippen LogP) is 2.87. The van der Waals surface area contributed by atoms with E-state index in [9.17, 15) is 9.59 Å². The van der Waals surface area contributed by atoms with Gasteiger partial charge in [-0.3, -0.25) is 4.90 Å². The molecule has 1 amide bonds. The number of fused-ring (bicyclic) bond motifs is 1. The van der Waals surface area contributed by atoms with Crippen LogP contribution in [0.4, 0.5) is 10.6 Å². The van der Waals surface area contributed by atoms with Crippen molar-refractivity contribution in [3.63, 3.8) is 0 Å². The summed E-state index contributed by atoms with van der Waals surface area (Å²) in [6, 6.07) is 11.0. The minimum Gasteiger partial charge on any atom is -0.410 e. The van der Waals surface area contributed by atoms with Gasteiger partial charge in [0.2, 0.25) is 6.29 Å². The molecule has 4 rings (SSSR count). The Kier molecular flexibility index (Phi) is 7.36. The smallest absolute Gasteiger partial charge is 0.410 e. The van der Waals surface area contributed by atoms with Crippen molar-refractivity contribution in [3.05, 3.63) is 58.9 Å². The van der Waals surface area contributed by atoms with Crippen LogP contribution in [0.3, 0.4) is 0 Å². The number of ether oxygens (including phenoxy) is 4. The topological polar surface area (TPSA) is 90.4 Å². The lowest BCUT2D eigenvalue weighted by atomic mass is 10.0. The first kappa shape index (κ1) is 22.9. The van der Waals surface area contributed by atoms with Crippen LogP contribution in [0.25, 0.3) is 0 Å². The molecule has 174 valence electrons. The van der Waals surface area contributed by atoms with E-state index in [0.717, 1.165) is 24.0 Å². The summed E-state index contributed by atoms with van der Waals surface area (Å²) < 4.78 is 21.9. The van der Waals surface area contributed by atoms with Gasteiger partial charge in [-0.15, -0.1) is 0 Å². The van der Waals surface area contributed by atoms with Gasteiger partial charge in [0, 0.05) is 33.9 Å². The molecule has 0 spiro atoms. The highest BCUT2D eigenvalue weighted by molar-refractivity contribution is 5.89.